The second-order valence-electron chi connectivity index (χ2n) is 7.40. The van der Waals surface area contributed by atoms with Gasteiger partial charge in [-0.25, -0.2) is 0 Å². The van der Waals surface area contributed by atoms with E-state index < -0.39 is 0 Å². The zero-order valence-electron chi connectivity index (χ0n) is 17.4. The molecule has 0 aromatic heterocycles. The van der Waals surface area contributed by atoms with Crippen LogP contribution in [0.25, 0.3) is 0 Å². The molecule has 2 N–H and O–H groups in total. The van der Waals surface area contributed by atoms with E-state index in [1.165, 1.54) is 0 Å². The lowest BCUT2D eigenvalue weighted by atomic mass is 10.0. The normalized spacial score (nSPS) is 10.5. The van der Waals surface area contributed by atoms with E-state index in [4.69, 9.17) is 4.74 Å². The predicted octanol–water partition coefficient (Wildman–Crippen LogP) is 5.39. The van der Waals surface area contributed by atoms with Gasteiger partial charge in [0, 0.05) is 5.69 Å². The Bertz CT molecular complexity index is 1040. The maximum Gasteiger partial charge on any atom is 0.262 e. The lowest BCUT2D eigenvalue weighted by Crippen LogP contribution is -2.23. The van der Waals surface area contributed by atoms with Crippen LogP contribution in [-0.4, -0.2) is 18.4 Å². The molecule has 154 valence electrons. The number of hydrogen-bond donors (Lipinski definition) is 2. The molecule has 3 rings (SSSR count). The van der Waals surface area contributed by atoms with E-state index in [9.17, 15) is 9.59 Å². The van der Waals surface area contributed by atoms with Crippen molar-refractivity contribution >= 4 is 23.2 Å². The summed E-state index contributed by atoms with van der Waals surface area (Å²) in [7, 11) is 0. The molecule has 0 aliphatic rings. The highest BCUT2D eigenvalue weighted by molar-refractivity contribution is 6.10. The summed E-state index contributed by atoms with van der Waals surface area (Å²) < 4.78 is 5.55. The van der Waals surface area contributed by atoms with Gasteiger partial charge >= 0.3 is 0 Å². The quantitative estimate of drug-likeness (QED) is 0.557. The lowest BCUT2D eigenvalue weighted by Gasteiger charge is -2.15. The van der Waals surface area contributed by atoms with Gasteiger partial charge in [0.25, 0.3) is 11.8 Å². The summed E-state index contributed by atoms with van der Waals surface area (Å²) in [6.45, 7) is 5.97. The summed E-state index contributed by atoms with van der Waals surface area (Å²) in [5, 5.41) is 5.74. The van der Waals surface area contributed by atoms with Gasteiger partial charge < -0.3 is 15.4 Å². The third-order valence-electron chi connectivity index (χ3n) is 4.64. The minimum absolute atomic E-state index is 0.143. The Morgan fingerprint density at radius 1 is 0.867 bits per heavy atom. The molecule has 0 saturated heterocycles. The first-order valence-electron chi connectivity index (χ1n) is 9.92. The Labute approximate surface area is 177 Å². The number of nitrogens with one attached hydrogen (secondary N) is 2. The first kappa shape index (κ1) is 21.1. The van der Waals surface area contributed by atoms with Crippen LogP contribution in [0.5, 0.6) is 5.75 Å². The molecule has 5 nitrogen and oxygen atoms in total. The molecular formula is C25H26N2O3. The monoisotopic (exact) mass is 402 g/mol. The molecule has 0 heterocycles. The van der Waals surface area contributed by atoms with Crippen molar-refractivity contribution in [2.45, 2.75) is 26.7 Å². The van der Waals surface area contributed by atoms with Gasteiger partial charge in [-0.15, -0.1) is 0 Å². The number of amides is 2. The number of ether oxygens (including phenoxy) is 1. The summed E-state index contributed by atoms with van der Waals surface area (Å²) in [4.78, 5) is 25.3. The Hall–Kier alpha value is -3.60. The van der Waals surface area contributed by atoms with Gasteiger partial charge in [0.05, 0.1) is 11.3 Å². The molecule has 0 bridgehead atoms. The first-order valence-corrected chi connectivity index (χ1v) is 9.92. The van der Waals surface area contributed by atoms with E-state index in [-0.39, 0.29) is 24.3 Å². The Balaban J connectivity index is 1.69. The smallest absolute Gasteiger partial charge is 0.262 e. The largest absolute Gasteiger partial charge is 0.484 e. The summed E-state index contributed by atoms with van der Waals surface area (Å²) in [6, 6.07) is 22.1. The SMILES string of the molecule is Cc1cccc(OCC(=O)Nc2ccccc2C(=O)Nc2ccccc2C(C)C)c1. The molecule has 3 aromatic rings. The number of carbonyl (C=O) groups is 2. The van der Waals surface area contributed by atoms with Crippen molar-refractivity contribution < 1.29 is 14.3 Å². The van der Waals surface area contributed by atoms with Crippen LogP contribution in [0.2, 0.25) is 0 Å². The molecule has 0 fully saturated rings. The van der Waals surface area contributed by atoms with Crippen LogP contribution in [0.15, 0.2) is 72.8 Å². The molecule has 0 saturated carbocycles. The fourth-order valence-corrected chi connectivity index (χ4v) is 3.13. The number of carbonyl (C=O) groups excluding carboxylic acids is 2. The van der Waals surface area contributed by atoms with Gasteiger partial charge in [-0.3, -0.25) is 9.59 Å². The van der Waals surface area contributed by atoms with Crippen LogP contribution in [0.4, 0.5) is 11.4 Å². The average Bonchev–Trinajstić information content (AvgIpc) is 2.73. The average molecular weight is 402 g/mol. The first-order chi connectivity index (χ1) is 14.4. The summed E-state index contributed by atoms with van der Waals surface area (Å²) >= 11 is 0. The number of benzene rings is 3. The van der Waals surface area contributed by atoms with E-state index in [1.807, 2.05) is 49.4 Å². The molecule has 2 amide bonds. The fourth-order valence-electron chi connectivity index (χ4n) is 3.13. The second kappa shape index (κ2) is 9.74. The number of rotatable bonds is 7. The Kier molecular flexibility index (Phi) is 6.86. The standard InChI is InChI=1S/C25H26N2O3/c1-17(2)20-11-4-6-13-22(20)27-25(29)21-12-5-7-14-23(21)26-24(28)16-30-19-10-8-9-18(3)15-19/h4-15,17H,16H2,1-3H3,(H,26,28)(H,27,29). The van der Waals surface area contributed by atoms with Gasteiger partial charge in [-0.1, -0.05) is 56.3 Å². The van der Waals surface area contributed by atoms with Gasteiger partial charge in [0.15, 0.2) is 6.61 Å². The Morgan fingerprint density at radius 3 is 2.30 bits per heavy atom. The molecule has 0 aliphatic carbocycles. The van der Waals surface area contributed by atoms with Gasteiger partial charge in [-0.05, 0) is 54.3 Å². The maximum absolute atomic E-state index is 12.9. The Morgan fingerprint density at radius 2 is 1.57 bits per heavy atom. The zero-order chi connectivity index (χ0) is 21.5. The van der Waals surface area contributed by atoms with Gasteiger partial charge in [0.2, 0.25) is 0 Å². The van der Waals surface area contributed by atoms with Crippen molar-refractivity contribution in [3.8, 4) is 5.75 Å². The van der Waals surface area contributed by atoms with E-state index in [0.717, 1.165) is 16.8 Å². The third kappa shape index (κ3) is 5.47. The number of para-hydroxylation sites is 2. The highest BCUT2D eigenvalue weighted by Crippen LogP contribution is 2.25. The second-order valence-corrected chi connectivity index (χ2v) is 7.40. The van der Waals surface area contributed by atoms with E-state index >= 15 is 0 Å². The van der Waals surface area contributed by atoms with Crippen molar-refractivity contribution in [3.63, 3.8) is 0 Å². The molecule has 0 radical (unpaired) electrons. The third-order valence-corrected chi connectivity index (χ3v) is 4.64. The van der Waals surface area contributed by atoms with Gasteiger partial charge in [-0.2, -0.15) is 0 Å². The number of hydrogen-bond acceptors (Lipinski definition) is 3. The molecule has 0 unspecified atom stereocenters. The lowest BCUT2D eigenvalue weighted by molar-refractivity contribution is -0.118. The zero-order valence-corrected chi connectivity index (χ0v) is 17.4. The summed E-state index contributed by atoms with van der Waals surface area (Å²) in [6.07, 6.45) is 0. The summed E-state index contributed by atoms with van der Waals surface area (Å²) in [5.41, 5.74) is 3.70. The molecule has 0 aliphatic heterocycles. The van der Waals surface area contributed by atoms with Crippen molar-refractivity contribution in [2.24, 2.45) is 0 Å². The van der Waals surface area contributed by atoms with Crippen LogP contribution >= 0.6 is 0 Å². The van der Waals surface area contributed by atoms with Crippen molar-refractivity contribution in [1.82, 2.24) is 0 Å². The van der Waals surface area contributed by atoms with Crippen LogP contribution in [0.3, 0.4) is 0 Å². The van der Waals surface area contributed by atoms with Crippen LogP contribution in [-0.2, 0) is 4.79 Å². The van der Waals surface area contributed by atoms with Crippen LogP contribution in [0, 0.1) is 6.92 Å². The van der Waals surface area contributed by atoms with Crippen molar-refractivity contribution in [2.75, 3.05) is 17.2 Å². The summed E-state index contributed by atoms with van der Waals surface area (Å²) in [5.74, 6) is 0.287. The molecule has 0 atom stereocenters. The highest BCUT2D eigenvalue weighted by Gasteiger charge is 2.15. The van der Waals surface area contributed by atoms with E-state index in [2.05, 4.69) is 24.5 Å². The van der Waals surface area contributed by atoms with Crippen LogP contribution < -0.4 is 15.4 Å². The minimum Gasteiger partial charge on any atom is -0.484 e. The minimum atomic E-state index is -0.334. The molecule has 3 aromatic carbocycles. The predicted molar refractivity (Wildman–Crippen MR) is 120 cm³/mol. The topological polar surface area (TPSA) is 67.4 Å². The highest BCUT2D eigenvalue weighted by atomic mass is 16.5. The molecule has 30 heavy (non-hydrogen) atoms. The molecule has 0 spiro atoms. The van der Waals surface area contributed by atoms with E-state index in [0.29, 0.717) is 17.0 Å². The molecule has 5 heteroatoms. The van der Waals surface area contributed by atoms with Crippen molar-refractivity contribution in [1.29, 1.82) is 0 Å². The van der Waals surface area contributed by atoms with Gasteiger partial charge in [0.1, 0.15) is 5.75 Å². The maximum atomic E-state index is 12.9. The number of anilines is 2. The van der Waals surface area contributed by atoms with E-state index in [1.54, 1.807) is 30.3 Å². The fraction of sp³-hybridized carbons (Fsp3) is 0.200. The van der Waals surface area contributed by atoms with Crippen molar-refractivity contribution in [3.05, 3.63) is 89.5 Å². The number of aryl methyl sites for hydroxylation is 1. The van der Waals surface area contributed by atoms with Crippen LogP contribution in [0.1, 0.15) is 41.3 Å². The molecular weight excluding hydrogens is 376 g/mol.